The first-order valence-corrected chi connectivity index (χ1v) is 9.79. The monoisotopic (exact) mass is 370 g/mol. The molecule has 4 rings (SSSR count). The van der Waals surface area contributed by atoms with Gasteiger partial charge < -0.3 is 4.90 Å². The number of thiazole rings is 1. The fraction of sp³-hybridized carbons (Fsp3) is 0.300. The van der Waals surface area contributed by atoms with Crippen molar-refractivity contribution in [3.8, 4) is 0 Å². The van der Waals surface area contributed by atoms with Crippen LogP contribution in [-0.4, -0.2) is 22.3 Å². The number of hydrogen-bond acceptors (Lipinski definition) is 3. The number of para-hydroxylation sites is 1. The van der Waals surface area contributed by atoms with E-state index in [2.05, 4.69) is 6.07 Å². The molecule has 128 valence electrons. The predicted octanol–water partition coefficient (Wildman–Crippen LogP) is 5.25. The molecule has 0 aliphatic carbocycles. The molecule has 0 saturated carbocycles. The number of nitrogens with zero attached hydrogens (tertiary/aromatic N) is 2. The molecule has 1 unspecified atom stereocenters. The Morgan fingerprint density at radius 3 is 2.80 bits per heavy atom. The molecule has 3 aromatic rings. The number of benzene rings is 2. The number of hydrogen-bond donors (Lipinski definition) is 0. The molecule has 2 aromatic carbocycles. The van der Waals surface area contributed by atoms with Gasteiger partial charge in [0.15, 0.2) is 0 Å². The minimum absolute atomic E-state index is 0.134. The van der Waals surface area contributed by atoms with Gasteiger partial charge in [-0.3, -0.25) is 4.79 Å². The predicted molar refractivity (Wildman–Crippen MR) is 103 cm³/mol. The number of fused-ring (bicyclic) bond motifs is 1. The number of aromatic nitrogens is 1. The molecular formula is C20H19ClN2OS. The second-order valence-electron chi connectivity index (χ2n) is 6.39. The van der Waals surface area contributed by atoms with Gasteiger partial charge in [-0.2, -0.15) is 0 Å². The van der Waals surface area contributed by atoms with E-state index >= 15 is 0 Å². The van der Waals surface area contributed by atoms with E-state index in [4.69, 9.17) is 16.6 Å². The maximum absolute atomic E-state index is 12.8. The van der Waals surface area contributed by atoms with Gasteiger partial charge in [0.2, 0.25) is 5.91 Å². The SMILES string of the molecule is O=C(CCc1ccc(Cl)cc1)N1CCCC1c1nc2ccccc2s1. The largest absolute Gasteiger partial charge is 0.333 e. The lowest BCUT2D eigenvalue weighted by molar-refractivity contribution is -0.132. The second kappa shape index (κ2) is 7.14. The summed E-state index contributed by atoms with van der Waals surface area (Å²) in [4.78, 5) is 19.5. The molecule has 1 amide bonds. The van der Waals surface area contributed by atoms with Crippen LogP contribution < -0.4 is 0 Å². The average Bonchev–Trinajstić information content (AvgIpc) is 3.27. The molecule has 0 N–H and O–H groups in total. The third kappa shape index (κ3) is 3.55. The molecule has 2 heterocycles. The molecule has 0 bridgehead atoms. The van der Waals surface area contributed by atoms with Crippen LogP contribution in [0.25, 0.3) is 10.2 Å². The van der Waals surface area contributed by atoms with Crippen molar-refractivity contribution in [1.82, 2.24) is 9.88 Å². The molecule has 1 saturated heterocycles. The Labute approximate surface area is 156 Å². The average molecular weight is 371 g/mol. The Morgan fingerprint density at radius 1 is 1.20 bits per heavy atom. The zero-order chi connectivity index (χ0) is 17.2. The maximum Gasteiger partial charge on any atom is 0.223 e. The number of amides is 1. The molecule has 3 nitrogen and oxygen atoms in total. The standard InChI is InChI=1S/C20H19ClN2OS/c21-15-10-7-14(8-11-15)9-12-19(24)23-13-3-5-17(23)20-22-16-4-1-2-6-18(16)25-20/h1-2,4,6-8,10-11,17H,3,5,9,12-13H2. The minimum Gasteiger partial charge on any atom is -0.333 e. The molecule has 1 aromatic heterocycles. The van der Waals surface area contributed by atoms with Crippen molar-refractivity contribution < 1.29 is 4.79 Å². The molecule has 1 aliphatic heterocycles. The van der Waals surface area contributed by atoms with Gasteiger partial charge in [-0.15, -0.1) is 11.3 Å². The summed E-state index contributed by atoms with van der Waals surface area (Å²) in [7, 11) is 0. The quantitative estimate of drug-likeness (QED) is 0.628. The zero-order valence-electron chi connectivity index (χ0n) is 13.8. The fourth-order valence-corrected chi connectivity index (χ4v) is 4.64. The van der Waals surface area contributed by atoms with Crippen LogP contribution >= 0.6 is 22.9 Å². The first-order valence-electron chi connectivity index (χ1n) is 8.60. The van der Waals surface area contributed by atoms with Gasteiger partial charge in [0.1, 0.15) is 5.01 Å². The second-order valence-corrected chi connectivity index (χ2v) is 7.89. The molecule has 0 radical (unpaired) electrons. The number of likely N-dealkylation sites (tertiary alicyclic amines) is 1. The van der Waals surface area contributed by atoms with E-state index < -0.39 is 0 Å². The van der Waals surface area contributed by atoms with Crippen LogP contribution in [-0.2, 0) is 11.2 Å². The van der Waals surface area contributed by atoms with E-state index in [1.807, 2.05) is 47.4 Å². The summed E-state index contributed by atoms with van der Waals surface area (Å²) in [6, 6.07) is 16.0. The minimum atomic E-state index is 0.134. The lowest BCUT2D eigenvalue weighted by atomic mass is 10.1. The van der Waals surface area contributed by atoms with Crippen molar-refractivity contribution in [2.45, 2.75) is 31.7 Å². The first-order chi connectivity index (χ1) is 12.2. The van der Waals surface area contributed by atoms with Crippen molar-refractivity contribution in [1.29, 1.82) is 0 Å². The van der Waals surface area contributed by atoms with Crippen LogP contribution in [0.1, 0.15) is 35.9 Å². The Hall–Kier alpha value is -1.91. The van der Waals surface area contributed by atoms with Gasteiger partial charge in [-0.25, -0.2) is 4.98 Å². The Kier molecular flexibility index (Phi) is 4.73. The van der Waals surface area contributed by atoms with E-state index in [1.165, 1.54) is 4.70 Å². The Morgan fingerprint density at radius 2 is 2.00 bits per heavy atom. The van der Waals surface area contributed by atoms with Crippen molar-refractivity contribution in [2.75, 3.05) is 6.54 Å². The van der Waals surface area contributed by atoms with Crippen LogP contribution in [0.5, 0.6) is 0 Å². The molecule has 5 heteroatoms. The Bertz CT molecular complexity index is 857. The maximum atomic E-state index is 12.8. The zero-order valence-corrected chi connectivity index (χ0v) is 15.4. The number of carbonyl (C=O) groups is 1. The number of rotatable bonds is 4. The summed E-state index contributed by atoms with van der Waals surface area (Å²) in [5.74, 6) is 0.219. The van der Waals surface area contributed by atoms with Gasteiger partial charge in [-0.05, 0) is 49.1 Å². The third-order valence-corrected chi connectivity index (χ3v) is 6.10. The highest BCUT2D eigenvalue weighted by atomic mass is 35.5. The van der Waals surface area contributed by atoms with E-state index in [1.54, 1.807) is 11.3 Å². The normalized spacial score (nSPS) is 17.3. The van der Waals surface area contributed by atoms with Crippen molar-refractivity contribution in [2.24, 2.45) is 0 Å². The first kappa shape index (κ1) is 16.6. The highest BCUT2D eigenvalue weighted by Gasteiger charge is 2.31. The Balaban J connectivity index is 1.46. The summed E-state index contributed by atoms with van der Waals surface area (Å²) in [6.07, 6.45) is 3.34. The molecule has 1 atom stereocenters. The molecular weight excluding hydrogens is 352 g/mol. The summed E-state index contributed by atoms with van der Waals surface area (Å²) < 4.78 is 1.19. The van der Waals surface area contributed by atoms with Crippen LogP contribution in [0.3, 0.4) is 0 Å². The third-order valence-electron chi connectivity index (χ3n) is 4.71. The van der Waals surface area contributed by atoms with Crippen LogP contribution in [0.15, 0.2) is 48.5 Å². The van der Waals surface area contributed by atoms with E-state index in [0.29, 0.717) is 6.42 Å². The lowest BCUT2D eigenvalue weighted by Gasteiger charge is -2.23. The van der Waals surface area contributed by atoms with Crippen LogP contribution in [0, 0.1) is 0 Å². The fourth-order valence-electron chi connectivity index (χ4n) is 3.40. The van der Waals surface area contributed by atoms with Crippen LogP contribution in [0.2, 0.25) is 5.02 Å². The van der Waals surface area contributed by atoms with E-state index in [-0.39, 0.29) is 11.9 Å². The summed E-state index contributed by atoms with van der Waals surface area (Å²) in [6.45, 7) is 0.833. The van der Waals surface area contributed by atoms with Gasteiger partial charge in [-0.1, -0.05) is 35.9 Å². The van der Waals surface area contributed by atoms with Crippen LogP contribution in [0.4, 0.5) is 0 Å². The summed E-state index contributed by atoms with van der Waals surface area (Å²) in [5, 5.41) is 1.80. The van der Waals surface area contributed by atoms with Crippen molar-refractivity contribution in [3.05, 3.63) is 64.1 Å². The highest BCUT2D eigenvalue weighted by Crippen LogP contribution is 2.36. The molecule has 1 fully saturated rings. The number of halogens is 1. The smallest absolute Gasteiger partial charge is 0.223 e. The summed E-state index contributed by atoms with van der Waals surface area (Å²) in [5.41, 5.74) is 2.18. The topological polar surface area (TPSA) is 33.2 Å². The molecule has 1 aliphatic rings. The van der Waals surface area contributed by atoms with E-state index in [0.717, 1.165) is 46.9 Å². The highest BCUT2D eigenvalue weighted by molar-refractivity contribution is 7.18. The van der Waals surface area contributed by atoms with Crippen molar-refractivity contribution >= 4 is 39.1 Å². The molecule has 25 heavy (non-hydrogen) atoms. The van der Waals surface area contributed by atoms with Gasteiger partial charge in [0.25, 0.3) is 0 Å². The van der Waals surface area contributed by atoms with Gasteiger partial charge in [0.05, 0.1) is 16.3 Å². The lowest BCUT2D eigenvalue weighted by Crippen LogP contribution is -2.30. The summed E-state index contributed by atoms with van der Waals surface area (Å²) >= 11 is 7.63. The van der Waals surface area contributed by atoms with Gasteiger partial charge in [0, 0.05) is 18.0 Å². The van der Waals surface area contributed by atoms with E-state index in [9.17, 15) is 4.79 Å². The van der Waals surface area contributed by atoms with Crippen molar-refractivity contribution in [3.63, 3.8) is 0 Å². The van der Waals surface area contributed by atoms with Gasteiger partial charge >= 0.3 is 0 Å². The molecule has 0 spiro atoms. The number of aryl methyl sites for hydroxylation is 1. The number of carbonyl (C=O) groups excluding carboxylic acids is 1.